The molecule has 1 heterocycles. The van der Waals surface area contributed by atoms with E-state index in [1.165, 1.54) is 38.6 Å². The van der Waals surface area contributed by atoms with Gasteiger partial charge in [0.2, 0.25) is 0 Å². The third kappa shape index (κ3) is 1.66. The molecule has 2 rings (SSSR count). The fourth-order valence-corrected chi connectivity index (χ4v) is 2.91. The number of piperidine rings is 1. The zero-order valence-corrected chi connectivity index (χ0v) is 8.40. The van der Waals surface area contributed by atoms with E-state index >= 15 is 0 Å². The molecule has 0 bridgehead atoms. The first-order chi connectivity index (χ1) is 5.67. The van der Waals surface area contributed by atoms with Gasteiger partial charge in [-0.15, -0.1) is 0 Å². The molecular formula is C11H21N. The predicted octanol–water partition coefficient (Wildman–Crippen LogP) is 2.56. The maximum absolute atomic E-state index is 3.71. The highest BCUT2D eigenvalue weighted by Crippen LogP contribution is 2.37. The summed E-state index contributed by atoms with van der Waals surface area (Å²) >= 11 is 0. The Kier molecular flexibility index (Phi) is 2.16. The molecule has 0 aromatic heterocycles. The van der Waals surface area contributed by atoms with Crippen molar-refractivity contribution in [1.29, 1.82) is 0 Å². The van der Waals surface area contributed by atoms with Crippen LogP contribution in [0.3, 0.4) is 0 Å². The van der Waals surface area contributed by atoms with E-state index in [0.29, 0.717) is 5.41 Å². The highest BCUT2D eigenvalue weighted by Gasteiger charge is 2.35. The standard InChI is InChI=1S/C11H21N/c1-11(2)7-9-5-3-4-6-10(9)12-8-11/h9-10,12H,3-8H2,1-2H3/t9-,10+/m1/s1. The summed E-state index contributed by atoms with van der Waals surface area (Å²) in [5.41, 5.74) is 0.554. The SMILES string of the molecule is CC1(C)CN[C@H]2CCCC[C@@H]2C1. The highest BCUT2D eigenvalue weighted by atomic mass is 15.0. The van der Waals surface area contributed by atoms with E-state index in [2.05, 4.69) is 19.2 Å². The first-order valence-electron chi connectivity index (χ1n) is 5.41. The fraction of sp³-hybridized carbons (Fsp3) is 1.00. The summed E-state index contributed by atoms with van der Waals surface area (Å²) in [5.74, 6) is 0.988. The van der Waals surface area contributed by atoms with Crippen LogP contribution in [0.4, 0.5) is 0 Å². The molecule has 12 heavy (non-hydrogen) atoms. The summed E-state index contributed by atoms with van der Waals surface area (Å²) in [4.78, 5) is 0. The molecular weight excluding hydrogens is 146 g/mol. The summed E-state index contributed by atoms with van der Waals surface area (Å²) in [7, 11) is 0. The van der Waals surface area contributed by atoms with Crippen molar-refractivity contribution in [2.75, 3.05) is 6.54 Å². The number of fused-ring (bicyclic) bond motifs is 1. The zero-order chi connectivity index (χ0) is 8.60. The van der Waals surface area contributed by atoms with Gasteiger partial charge in [-0.2, -0.15) is 0 Å². The number of nitrogens with one attached hydrogen (secondary N) is 1. The van der Waals surface area contributed by atoms with E-state index in [1.807, 2.05) is 0 Å². The van der Waals surface area contributed by atoms with Gasteiger partial charge in [-0.05, 0) is 30.6 Å². The van der Waals surface area contributed by atoms with E-state index in [-0.39, 0.29) is 0 Å². The summed E-state index contributed by atoms with van der Waals surface area (Å²) in [5, 5.41) is 3.71. The van der Waals surface area contributed by atoms with Gasteiger partial charge in [0, 0.05) is 12.6 Å². The monoisotopic (exact) mass is 167 g/mol. The molecule has 1 aliphatic heterocycles. The second kappa shape index (κ2) is 3.02. The van der Waals surface area contributed by atoms with E-state index in [9.17, 15) is 0 Å². The van der Waals surface area contributed by atoms with Gasteiger partial charge in [-0.1, -0.05) is 26.7 Å². The average Bonchev–Trinajstić information content (AvgIpc) is 2.02. The Bertz CT molecular complexity index is 162. The molecule has 0 aromatic carbocycles. The molecule has 1 aliphatic carbocycles. The van der Waals surface area contributed by atoms with Crippen molar-refractivity contribution in [1.82, 2.24) is 5.32 Å². The molecule has 0 unspecified atom stereocenters. The van der Waals surface area contributed by atoms with Gasteiger partial charge in [0.1, 0.15) is 0 Å². The maximum Gasteiger partial charge on any atom is 0.00957 e. The van der Waals surface area contributed by atoms with Crippen molar-refractivity contribution in [3.63, 3.8) is 0 Å². The normalized spacial score (nSPS) is 40.5. The van der Waals surface area contributed by atoms with Crippen LogP contribution in [0.15, 0.2) is 0 Å². The topological polar surface area (TPSA) is 12.0 Å². The van der Waals surface area contributed by atoms with Gasteiger partial charge in [0.15, 0.2) is 0 Å². The van der Waals surface area contributed by atoms with Gasteiger partial charge >= 0.3 is 0 Å². The minimum atomic E-state index is 0.554. The van der Waals surface area contributed by atoms with Crippen LogP contribution >= 0.6 is 0 Å². The molecule has 1 nitrogen and oxygen atoms in total. The summed E-state index contributed by atoms with van der Waals surface area (Å²) in [6, 6.07) is 0.867. The Balaban J connectivity index is 1.99. The van der Waals surface area contributed by atoms with Gasteiger partial charge < -0.3 is 5.32 Å². The quantitative estimate of drug-likeness (QED) is 0.584. The Morgan fingerprint density at radius 3 is 2.75 bits per heavy atom. The fourth-order valence-electron chi connectivity index (χ4n) is 2.91. The Morgan fingerprint density at radius 1 is 1.17 bits per heavy atom. The molecule has 2 atom stereocenters. The largest absolute Gasteiger partial charge is 0.313 e. The van der Waals surface area contributed by atoms with E-state index in [4.69, 9.17) is 0 Å². The van der Waals surface area contributed by atoms with Gasteiger partial charge in [-0.25, -0.2) is 0 Å². The molecule has 0 amide bonds. The van der Waals surface area contributed by atoms with E-state index in [1.54, 1.807) is 0 Å². The maximum atomic E-state index is 3.71. The molecule has 1 saturated carbocycles. The number of hydrogen-bond donors (Lipinski definition) is 1. The molecule has 1 heteroatoms. The predicted molar refractivity (Wildman–Crippen MR) is 52.1 cm³/mol. The van der Waals surface area contributed by atoms with Crippen molar-refractivity contribution in [3.8, 4) is 0 Å². The minimum Gasteiger partial charge on any atom is -0.313 e. The smallest absolute Gasteiger partial charge is 0.00957 e. The lowest BCUT2D eigenvalue weighted by atomic mass is 9.71. The van der Waals surface area contributed by atoms with Crippen LogP contribution in [0.1, 0.15) is 46.0 Å². The second-order valence-electron chi connectivity index (χ2n) is 5.40. The summed E-state index contributed by atoms with van der Waals surface area (Å²) < 4.78 is 0. The third-order valence-electron chi connectivity index (χ3n) is 3.57. The van der Waals surface area contributed by atoms with Crippen molar-refractivity contribution >= 4 is 0 Å². The zero-order valence-electron chi connectivity index (χ0n) is 8.40. The van der Waals surface area contributed by atoms with Crippen molar-refractivity contribution < 1.29 is 0 Å². The van der Waals surface area contributed by atoms with Crippen LogP contribution in [0.5, 0.6) is 0 Å². The molecule has 0 radical (unpaired) electrons. The number of hydrogen-bond acceptors (Lipinski definition) is 1. The Labute approximate surface area is 75.9 Å². The molecule has 0 spiro atoms. The van der Waals surface area contributed by atoms with E-state index in [0.717, 1.165) is 12.0 Å². The van der Waals surface area contributed by atoms with Crippen molar-refractivity contribution in [3.05, 3.63) is 0 Å². The molecule has 1 saturated heterocycles. The highest BCUT2D eigenvalue weighted by molar-refractivity contribution is 4.91. The first kappa shape index (κ1) is 8.55. The molecule has 2 aliphatic rings. The minimum absolute atomic E-state index is 0.554. The lowest BCUT2D eigenvalue weighted by Gasteiger charge is -2.44. The van der Waals surface area contributed by atoms with Gasteiger partial charge in [0.25, 0.3) is 0 Å². The molecule has 70 valence electrons. The summed E-state index contributed by atoms with van der Waals surface area (Å²) in [6.45, 7) is 6.02. The van der Waals surface area contributed by atoms with Crippen LogP contribution in [0.2, 0.25) is 0 Å². The van der Waals surface area contributed by atoms with Crippen LogP contribution in [0.25, 0.3) is 0 Å². The van der Waals surface area contributed by atoms with Crippen LogP contribution in [-0.4, -0.2) is 12.6 Å². The Morgan fingerprint density at radius 2 is 1.92 bits per heavy atom. The Hall–Kier alpha value is -0.0400. The van der Waals surface area contributed by atoms with Crippen molar-refractivity contribution in [2.45, 2.75) is 52.0 Å². The lowest BCUT2D eigenvalue weighted by Crippen LogP contribution is -2.50. The van der Waals surface area contributed by atoms with Gasteiger partial charge in [-0.3, -0.25) is 0 Å². The van der Waals surface area contributed by atoms with E-state index < -0.39 is 0 Å². The first-order valence-corrected chi connectivity index (χ1v) is 5.41. The third-order valence-corrected chi connectivity index (χ3v) is 3.57. The van der Waals surface area contributed by atoms with Crippen molar-refractivity contribution in [2.24, 2.45) is 11.3 Å². The molecule has 0 aromatic rings. The lowest BCUT2D eigenvalue weighted by molar-refractivity contribution is 0.117. The average molecular weight is 167 g/mol. The summed E-state index contributed by atoms with van der Waals surface area (Å²) in [6.07, 6.45) is 7.28. The van der Waals surface area contributed by atoms with Crippen LogP contribution in [0, 0.1) is 11.3 Å². The van der Waals surface area contributed by atoms with Crippen LogP contribution in [-0.2, 0) is 0 Å². The second-order valence-corrected chi connectivity index (χ2v) is 5.40. The van der Waals surface area contributed by atoms with Crippen LogP contribution < -0.4 is 5.32 Å². The molecule has 2 fully saturated rings. The van der Waals surface area contributed by atoms with Gasteiger partial charge in [0.05, 0.1) is 0 Å². The molecule has 1 N–H and O–H groups in total. The number of rotatable bonds is 0.